The summed E-state index contributed by atoms with van der Waals surface area (Å²) in [6.45, 7) is 2.23. The first-order chi connectivity index (χ1) is 14.2. The van der Waals surface area contributed by atoms with Gasteiger partial charge in [-0.3, -0.25) is 4.79 Å². The van der Waals surface area contributed by atoms with Crippen molar-refractivity contribution in [3.8, 4) is 17.2 Å². The summed E-state index contributed by atoms with van der Waals surface area (Å²) in [7, 11) is 0. The summed E-state index contributed by atoms with van der Waals surface area (Å²) in [5, 5.41) is 18.1. The van der Waals surface area contributed by atoms with Gasteiger partial charge in [0.1, 0.15) is 24.5 Å². The Bertz CT molecular complexity index is 874. The summed E-state index contributed by atoms with van der Waals surface area (Å²) in [6.07, 6.45) is 4.20. The van der Waals surface area contributed by atoms with Crippen LogP contribution in [0.2, 0.25) is 0 Å². The van der Waals surface area contributed by atoms with E-state index in [0.717, 1.165) is 13.0 Å². The van der Waals surface area contributed by atoms with Crippen LogP contribution in [0.4, 0.5) is 0 Å². The van der Waals surface area contributed by atoms with Crippen molar-refractivity contribution in [1.29, 1.82) is 0 Å². The fraction of sp³-hybridized carbons (Fsp3) is 0.550. The van der Waals surface area contributed by atoms with Crippen LogP contribution in [-0.2, 0) is 11.3 Å². The number of hydrogen-bond acceptors (Lipinski definition) is 7. The van der Waals surface area contributed by atoms with Crippen LogP contribution >= 0.6 is 0 Å². The topological polar surface area (TPSA) is 98.9 Å². The van der Waals surface area contributed by atoms with Gasteiger partial charge in [0.25, 0.3) is 0 Å². The van der Waals surface area contributed by atoms with Gasteiger partial charge in [-0.2, -0.15) is 0 Å². The first-order valence-electron chi connectivity index (χ1n) is 10.0. The maximum atomic E-state index is 12.6. The molecule has 29 heavy (non-hydrogen) atoms. The van der Waals surface area contributed by atoms with Crippen LogP contribution in [-0.4, -0.2) is 62.8 Å². The average molecular weight is 400 g/mol. The average Bonchev–Trinajstić information content (AvgIpc) is 3.46. The highest BCUT2D eigenvalue weighted by Crippen LogP contribution is 2.40. The van der Waals surface area contributed by atoms with Crippen molar-refractivity contribution < 1.29 is 24.1 Å². The number of nitrogens with zero attached hydrogens (tertiary/aromatic N) is 4. The number of fused-ring (bicyclic) bond motifs is 2. The van der Waals surface area contributed by atoms with Gasteiger partial charge in [0.15, 0.2) is 11.5 Å². The molecule has 154 valence electrons. The molecule has 1 saturated carbocycles. The van der Waals surface area contributed by atoms with Gasteiger partial charge in [0.2, 0.25) is 12.7 Å². The Hall–Kier alpha value is -2.81. The van der Waals surface area contributed by atoms with Crippen LogP contribution in [0.25, 0.3) is 0 Å². The molecule has 2 aliphatic heterocycles. The summed E-state index contributed by atoms with van der Waals surface area (Å²) in [5.74, 6) is 2.83. The summed E-state index contributed by atoms with van der Waals surface area (Å²) < 4.78 is 18.6. The molecule has 4 atom stereocenters. The first kappa shape index (κ1) is 18.2. The van der Waals surface area contributed by atoms with Crippen LogP contribution in [0.1, 0.15) is 19.3 Å². The molecule has 3 aliphatic rings. The van der Waals surface area contributed by atoms with Gasteiger partial charge in [-0.1, -0.05) is 0 Å². The lowest BCUT2D eigenvalue weighted by atomic mass is 9.78. The molecular formula is C20H24N4O5. The van der Waals surface area contributed by atoms with Crippen molar-refractivity contribution in [3.63, 3.8) is 0 Å². The molecule has 1 saturated heterocycles. The third kappa shape index (κ3) is 3.74. The number of carbonyl (C=O) groups excluding carboxylic acids is 1. The van der Waals surface area contributed by atoms with Crippen LogP contribution in [0.5, 0.6) is 17.2 Å². The van der Waals surface area contributed by atoms with Crippen LogP contribution in [0, 0.1) is 11.8 Å². The number of aromatic nitrogens is 3. The summed E-state index contributed by atoms with van der Waals surface area (Å²) in [5.41, 5.74) is 0. The highest BCUT2D eigenvalue weighted by molar-refractivity contribution is 5.76. The third-order valence-corrected chi connectivity index (χ3v) is 6.12. The Morgan fingerprint density at radius 3 is 2.72 bits per heavy atom. The molecule has 0 radical (unpaired) electrons. The fourth-order valence-electron chi connectivity index (χ4n) is 4.57. The molecule has 1 aromatic carbocycles. The number of hydrogen-bond donors (Lipinski definition) is 1. The Morgan fingerprint density at radius 2 is 1.90 bits per heavy atom. The predicted octanol–water partition coefficient (Wildman–Crippen LogP) is 1.07. The van der Waals surface area contributed by atoms with E-state index < -0.39 is 6.10 Å². The Kier molecular flexibility index (Phi) is 4.75. The molecule has 1 N–H and O–H groups in total. The highest BCUT2D eigenvalue weighted by atomic mass is 16.7. The quantitative estimate of drug-likeness (QED) is 0.802. The maximum Gasteiger partial charge on any atom is 0.231 e. The summed E-state index contributed by atoms with van der Waals surface area (Å²) in [6, 6.07) is 5.46. The maximum absolute atomic E-state index is 12.6. The van der Waals surface area contributed by atoms with E-state index in [1.807, 2.05) is 17.0 Å². The minimum atomic E-state index is -0.547. The number of ether oxygens (including phenoxy) is 3. The van der Waals surface area contributed by atoms with Crippen molar-refractivity contribution in [1.82, 2.24) is 19.7 Å². The number of likely N-dealkylation sites (tertiary alicyclic amines) is 1. The summed E-state index contributed by atoms with van der Waals surface area (Å²) >= 11 is 0. The number of aliphatic hydroxyl groups is 1. The molecule has 9 nitrogen and oxygen atoms in total. The van der Waals surface area contributed by atoms with Gasteiger partial charge in [-0.15, -0.1) is 10.2 Å². The zero-order chi connectivity index (χ0) is 19.8. The number of rotatable bonds is 5. The van der Waals surface area contributed by atoms with Crippen molar-refractivity contribution >= 4 is 5.91 Å². The second-order valence-electron chi connectivity index (χ2n) is 7.98. The number of aryl methyl sites for hydroxylation is 1. The second-order valence-corrected chi connectivity index (χ2v) is 7.98. The molecule has 0 spiro atoms. The van der Waals surface area contributed by atoms with E-state index in [0.29, 0.717) is 55.0 Å². The van der Waals surface area contributed by atoms with Gasteiger partial charge >= 0.3 is 0 Å². The Labute approximate surface area is 168 Å². The monoisotopic (exact) mass is 400 g/mol. The smallest absolute Gasteiger partial charge is 0.231 e. The normalized spacial score (nSPS) is 27.7. The van der Waals surface area contributed by atoms with Crippen molar-refractivity contribution in [2.45, 2.75) is 38.0 Å². The van der Waals surface area contributed by atoms with Crippen LogP contribution in [0.15, 0.2) is 30.9 Å². The van der Waals surface area contributed by atoms with Gasteiger partial charge in [-0.25, -0.2) is 0 Å². The van der Waals surface area contributed by atoms with E-state index in [4.69, 9.17) is 14.2 Å². The molecular weight excluding hydrogens is 376 g/mol. The zero-order valence-corrected chi connectivity index (χ0v) is 16.0. The third-order valence-electron chi connectivity index (χ3n) is 6.12. The molecule has 1 amide bonds. The number of carbonyl (C=O) groups is 1. The zero-order valence-electron chi connectivity index (χ0n) is 16.0. The SMILES string of the molecule is O=C(CCn1cnnc1)N1C[C@H]2C[C@@H](Oc3ccc4c(c3)OCO4)[C@H](O)C[C@H]2C1. The lowest BCUT2D eigenvalue weighted by Gasteiger charge is -2.35. The van der Waals surface area contributed by atoms with E-state index in [1.54, 1.807) is 23.3 Å². The van der Waals surface area contributed by atoms with Gasteiger partial charge in [-0.05, 0) is 36.8 Å². The first-order valence-corrected chi connectivity index (χ1v) is 10.0. The molecule has 2 fully saturated rings. The van der Waals surface area contributed by atoms with E-state index in [2.05, 4.69) is 10.2 Å². The Balaban J connectivity index is 1.18. The Morgan fingerprint density at radius 1 is 1.14 bits per heavy atom. The molecule has 1 aliphatic carbocycles. The second kappa shape index (κ2) is 7.55. The van der Waals surface area contributed by atoms with Crippen molar-refractivity contribution in [3.05, 3.63) is 30.9 Å². The van der Waals surface area contributed by atoms with E-state index >= 15 is 0 Å². The molecule has 9 heteroatoms. The fourth-order valence-corrected chi connectivity index (χ4v) is 4.57. The minimum absolute atomic E-state index is 0.135. The number of benzene rings is 1. The van der Waals surface area contributed by atoms with E-state index in [1.165, 1.54) is 0 Å². The summed E-state index contributed by atoms with van der Waals surface area (Å²) in [4.78, 5) is 14.5. The van der Waals surface area contributed by atoms with Gasteiger partial charge in [0, 0.05) is 32.1 Å². The molecule has 5 rings (SSSR count). The largest absolute Gasteiger partial charge is 0.488 e. The molecule has 0 unspecified atom stereocenters. The lowest BCUT2D eigenvalue weighted by Crippen LogP contribution is -2.42. The van der Waals surface area contributed by atoms with Gasteiger partial charge in [0.05, 0.1) is 6.10 Å². The standard InChI is InChI=1S/C20H24N4O5/c25-16-5-13-8-24(20(26)3-4-23-10-21-22-11-23)9-14(13)6-18(16)29-15-1-2-17-19(7-15)28-12-27-17/h1-2,7,10-11,13-14,16,18,25H,3-6,8-9,12H2/t13-,14+,16+,18+/m0/s1. The van der Waals surface area contributed by atoms with Crippen LogP contribution < -0.4 is 14.2 Å². The van der Waals surface area contributed by atoms with Crippen molar-refractivity contribution in [2.24, 2.45) is 11.8 Å². The van der Waals surface area contributed by atoms with E-state index in [-0.39, 0.29) is 18.8 Å². The lowest BCUT2D eigenvalue weighted by molar-refractivity contribution is -0.130. The van der Waals surface area contributed by atoms with E-state index in [9.17, 15) is 9.90 Å². The molecule has 0 bridgehead atoms. The predicted molar refractivity (Wildman–Crippen MR) is 100 cm³/mol. The van der Waals surface area contributed by atoms with Crippen molar-refractivity contribution in [2.75, 3.05) is 19.9 Å². The van der Waals surface area contributed by atoms with Gasteiger partial charge < -0.3 is 28.8 Å². The molecule has 3 heterocycles. The minimum Gasteiger partial charge on any atom is -0.488 e. The molecule has 1 aromatic heterocycles. The number of aliphatic hydroxyl groups excluding tert-OH is 1. The molecule has 2 aromatic rings. The number of amides is 1. The highest BCUT2D eigenvalue weighted by Gasteiger charge is 2.43. The van der Waals surface area contributed by atoms with Crippen LogP contribution in [0.3, 0.4) is 0 Å².